The fourth-order valence-corrected chi connectivity index (χ4v) is 2.84. The summed E-state index contributed by atoms with van der Waals surface area (Å²) in [4.78, 5) is 14.1. The molecule has 1 saturated heterocycles. The number of nitrogens with one attached hydrogen (secondary N) is 1. The molecule has 2 aromatic rings. The highest BCUT2D eigenvalue weighted by Crippen LogP contribution is 2.37. The van der Waals surface area contributed by atoms with Gasteiger partial charge in [0.15, 0.2) is 0 Å². The molecule has 0 bridgehead atoms. The van der Waals surface area contributed by atoms with Crippen molar-refractivity contribution < 1.29 is 4.79 Å². The van der Waals surface area contributed by atoms with E-state index >= 15 is 0 Å². The van der Waals surface area contributed by atoms with Crippen molar-refractivity contribution in [2.24, 2.45) is 0 Å². The highest BCUT2D eigenvalue weighted by atomic mass is 16.2. The van der Waals surface area contributed by atoms with Crippen LogP contribution in [0.3, 0.4) is 0 Å². The van der Waals surface area contributed by atoms with E-state index in [1.165, 1.54) is 6.21 Å². The van der Waals surface area contributed by atoms with Crippen molar-refractivity contribution in [3.8, 4) is 0 Å². The first kappa shape index (κ1) is 13.4. The van der Waals surface area contributed by atoms with Gasteiger partial charge in [-0.25, -0.2) is 0 Å². The van der Waals surface area contributed by atoms with E-state index < -0.39 is 0 Å². The van der Waals surface area contributed by atoms with Gasteiger partial charge in [0.2, 0.25) is 5.91 Å². The smallest absolute Gasteiger partial charge is 0.227 e. The molecule has 1 atom stereocenters. The third kappa shape index (κ3) is 2.40. The van der Waals surface area contributed by atoms with Gasteiger partial charge >= 0.3 is 0 Å². The summed E-state index contributed by atoms with van der Waals surface area (Å²) >= 11 is 0. The molecule has 1 amide bonds. The van der Waals surface area contributed by atoms with Crippen molar-refractivity contribution >= 4 is 23.5 Å². The molecular formula is C17H17N3O. The highest BCUT2D eigenvalue weighted by molar-refractivity contribution is 5.98. The average molecular weight is 279 g/mol. The number of nitrogens with zero attached hydrogens (tertiary/aromatic N) is 1. The molecule has 21 heavy (non-hydrogen) atoms. The molecule has 0 aliphatic carbocycles. The van der Waals surface area contributed by atoms with Crippen molar-refractivity contribution in [1.82, 2.24) is 0 Å². The summed E-state index contributed by atoms with van der Waals surface area (Å²) in [7, 11) is 0. The minimum Gasteiger partial charge on any atom is -0.398 e. The normalized spacial score (nSPS) is 18.0. The van der Waals surface area contributed by atoms with Crippen LogP contribution < -0.4 is 10.6 Å². The second kappa shape index (κ2) is 5.40. The molecule has 1 fully saturated rings. The van der Waals surface area contributed by atoms with E-state index in [0.29, 0.717) is 17.7 Å². The van der Waals surface area contributed by atoms with Crippen molar-refractivity contribution in [2.45, 2.75) is 18.9 Å². The van der Waals surface area contributed by atoms with Crippen LogP contribution in [-0.2, 0) is 4.79 Å². The summed E-state index contributed by atoms with van der Waals surface area (Å²) in [6.07, 6.45) is 2.58. The molecule has 3 N–H and O–H groups in total. The molecule has 106 valence electrons. The van der Waals surface area contributed by atoms with Crippen LogP contribution in [0.1, 0.15) is 30.0 Å². The fourth-order valence-electron chi connectivity index (χ4n) is 2.84. The first-order valence-electron chi connectivity index (χ1n) is 6.97. The van der Waals surface area contributed by atoms with E-state index in [2.05, 4.69) is 0 Å². The fraction of sp³-hybridized carbons (Fsp3) is 0.176. The first-order valence-corrected chi connectivity index (χ1v) is 6.97. The van der Waals surface area contributed by atoms with E-state index in [9.17, 15) is 4.79 Å². The lowest BCUT2D eigenvalue weighted by Crippen LogP contribution is -2.27. The molecule has 4 heteroatoms. The number of anilines is 2. The molecule has 0 radical (unpaired) electrons. The minimum absolute atomic E-state index is 0.0564. The Labute approximate surface area is 123 Å². The molecule has 1 aliphatic heterocycles. The Hall–Kier alpha value is -2.62. The molecule has 2 aromatic carbocycles. The molecule has 4 nitrogen and oxygen atoms in total. The Morgan fingerprint density at radius 2 is 1.95 bits per heavy atom. The Kier molecular flexibility index (Phi) is 3.44. The number of hydrogen-bond acceptors (Lipinski definition) is 3. The molecule has 3 rings (SSSR count). The van der Waals surface area contributed by atoms with Gasteiger partial charge in [-0.2, -0.15) is 0 Å². The molecule has 1 aliphatic rings. The molecule has 1 unspecified atom stereocenters. The van der Waals surface area contributed by atoms with Gasteiger partial charge in [-0.05, 0) is 30.2 Å². The van der Waals surface area contributed by atoms with Crippen LogP contribution >= 0.6 is 0 Å². The van der Waals surface area contributed by atoms with Gasteiger partial charge in [0.25, 0.3) is 0 Å². The third-order valence-corrected chi connectivity index (χ3v) is 3.90. The Morgan fingerprint density at radius 1 is 1.19 bits per heavy atom. The summed E-state index contributed by atoms with van der Waals surface area (Å²) < 4.78 is 0. The second-order valence-corrected chi connectivity index (χ2v) is 5.19. The van der Waals surface area contributed by atoms with E-state index in [1.54, 1.807) is 6.07 Å². The number of nitrogen functional groups attached to an aromatic ring is 1. The minimum atomic E-state index is 0.0564. The quantitative estimate of drug-likeness (QED) is 0.669. The lowest BCUT2D eigenvalue weighted by Gasteiger charge is -2.26. The van der Waals surface area contributed by atoms with Crippen LogP contribution in [0.2, 0.25) is 0 Å². The van der Waals surface area contributed by atoms with Crippen LogP contribution in [0.25, 0.3) is 0 Å². The van der Waals surface area contributed by atoms with Gasteiger partial charge in [-0.15, -0.1) is 0 Å². The zero-order chi connectivity index (χ0) is 14.8. The summed E-state index contributed by atoms with van der Waals surface area (Å²) in [5.41, 5.74) is 8.96. The zero-order valence-electron chi connectivity index (χ0n) is 11.6. The summed E-state index contributed by atoms with van der Waals surface area (Å²) in [6.45, 7) is 0. The Morgan fingerprint density at radius 3 is 2.67 bits per heavy atom. The number of carbonyl (C=O) groups is 1. The second-order valence-electron chi connectivity index (χ2n) is 5.19. The van der Waals surface area contributed by atoms with E-state index in [-0.39, 0.29) is 11.9 Å². The lowest BCUT2D eigenvalue weighted by molar-refractivity contribution is -0.117. The molecule has 1 heterocycles. The number of benzene rings is 2. The highest BCUT2D eigenvalue weighted by Gasteiger charge is 2.33. The molecule has 0 saturated carbocycles. The summed E-state index contributed by atoms with van der Waals surface area (Å²) in [5, 5.41) is 7.41. The number of carbonyl (C=O) groups excluding carboxylic acids is 1. The van der Waals surface area contributed by atoms with Gasteiger partial charge < -0.3 is 16.0 Å². The van der Waals surface area contributed by atoms with Crippen molar-refractivity contribution in [1.29, 1.82) is 5.41 Å². The maximum atomic E-state index is 12.3. The topological polar surface area (TPSA) is 70.2 Å². The third-order valence-electron chi connectivity index (χ3n) is 3.90. The van der Waals surface area contributed by atoms with Gasteiger partial charge in [0, 0.05) is 29.6 Å². The molecule has 0 aromatic heterocycles. The first-order chi connectivity index (χ1) is 10.2. The van der Waals surface area contributed by atoms with Gasteiger partial charge in [0.1, 0.15) is 0 Å². The lowest BCUT2D eigenvalue weighted by atomic mass is 10.0. The van der Waals surface area contributed by atoms with Crippen molar-refractivity contribution in [2.75, 3.05) is 10.6 Å². The van der Waals surface area contributed by atoms with Crippen LogP contribution in [0.5, 0.6) is 0 Å². The Balaban J connectivity index is 2.02. The van der Waals surface area contributed by atoms with Crippen LogP contribution in [0.4, 0.5) is 11.4 Å². The standard InChI is InChI=1S/C17H17N3O/c18-11-13-10-14(6-7-15(13)19)20-16(8-9-17(20)21)12-4-2-1-3-5-12/h1-7,10-11,16,18H,8-9,19H2. The summed E-state index contributed by atoms with van der Waals surface area (Å²) in [6, 6.07) is 15.5. The van der Waals surface area contributed by atoms with Crippen LogP contribution in [0, 0.1) is 5.41 Å². The molecule has 0 spiro atoms. The number of amides is 1. The van der Waals surface area contributed by atoms with E-state index in [4.69, 9.17) is 11.1 Å². The van der Waals surface area contributed by atoms with Gasteiger partial charge in [-0.3, -0.25) is 4.79 Å². The largest absolute Gasteiger partial charge is 0.398 e. The number of rotatable bonds is 3. The average Bonchev–Trinajstić information content (AvgIpc) is 2.90. The number of nitrogens with two attached hydrogens (primary N) is 1. The van der Waals surface area contributed by atoms with Crippen molar-refractivity contribution in [3.63, 3.8) is 0 Å². The zero-order valence-corrected chi connectivity index (χ0v) is 11.6. The van der Waals surface area contributed by atoms with Crippen molar-refractivity contribution in [3.05, 3.63) is 59.7 Å². The summed E-state index contributed by atoms with van der Waals surface area (Å²) in [5.74, 6) is 0.115. The monoisotopic (exact) mass is 279 g/mol. The predicted molar refractivity (Wildman–Crippen MR) is 84.6 cm³/mol. The Bertz CT molecular complexity index is 682. The maximum absolute atomic E-state index is 12.3. The predicted octanol–water partition coefficient (Wildman–Crippen LogP) is 3.13. The maximum Gasteiger partial charge on any atom is 0.227 e. The van der Waals surface area contributed by atoms with E-state index in [1.807, 2.05) is 47.4 Å². The van der Waals surface area contributed by atoms with Gasteiger partial charge in [0.05, 0.1) is 6.04 Å². The molecular weight excluding hydrogens is 262 g/mol. The van der Waals surface area contributed by atoms with Crippen LogP contribution in [0.15, 0.2) is 48.5 Å². The van der Waals surface area contributed by atoms with Gasteiger partial charge in [-0.1, -0.05) is 30.3 Å². The SMILES string of the molecule is N=Cc1cc(N2C(=O)CCC2c2ccccc2)ccc1N. The number of hydrogen-bond donors (Lipinski definition) is 2. The van der Waals surface area contributed by atoms with E-state index in [0.717, 1.165) is 17.7 Å². The van der Waals surface area contributed by atoms with Crippen LogP contribution in [-0.4, -0.2) is 12.1 Å².